The monoisotopic (exact) mass is 270 g/mol. The van der Waals surface area contributed by atoms with Gasteiger partial charge in [0.25, 0.3) is 0 Å². The summed E-state index contributed by atoms with van der Waals surface area (Å²) in [6.07, 6.45) is 16.1. The van der Waals surface area contributed by atoms with E-state index in [4.69, 9.17) is 0 Å². The van der Waals surface area contributed by atoms with Crippen LogP contribution < -0.4 is 0 Å². The molecule has 0 amide bonds. The SMILES string of the molecule is CCCCCCCCCCCC[C@@]1(O)CCC[C@H]1O. The predicted octanol–water partition coefficient (Wildman–Crippen LogP) is 4.57. The molecule has 0 aromatic carbocycles. The molecular weight excluding hydrogens is 236 g/mol. The molecular formula is C17H34O2. The maximum atomic E-state index is 10.2. The lowest BCUT2D eigenvalue weighted by atomic mass is 9.92. The van der Waals surface area contributed by atoms with E-state index in [0.29, 0.717) is 0 Å². The molecule has 1 aliphatic rings. The second kappa shape index (κ2) is 9.77. The Labute approximate surface area is 119 Å². The Balaban J connectivity index is 1.86. The lowest BCUT2D eigenvalue weighted by Crippen LogP contribution is -2.37. The van der Waals surface area contributed by atoms with E-state index in [9.17, 15) is 10.2 Å². The van der Waals surface area contributed by atoms with Gasteiger partial charge in [-0.25, -0.2) is 0 Å². The minimum Gasteiger partial charge on any atom is -0.390 e. The van der Waals surface area contributed by atoms with Gasteiger partial charge < -0.3 is 10.2 Å². The van der Waals surface area contributed by atoms with Gasteiger partial charge in [-0.2, -0.15) is 0 Å². The highest BCUT2D eigenvalue weighted by Gasteiger charge is 2.39. The van der Waals surface area contributed by atoms with Gasteiger partial charge in [-0.3, -0.25) is 0 Å². The zero-order valence-electron chi connectivity index (χ0n) is 12.9. The van der Waals surface area contributed by atoms with Gasteiger partial charge in [0, 0.05) is 0 Å². The fourth-order valence-corrected chi connectivity index (χ4v) is 3.25. The molecule has 0 saturated heterocycles. The van der Waals surface area contributed by atoms with E-state index in [1.165, 1.54) is 57.8 Å². The number of hydrogen-bond donors (Lipinski definition) is 2. The average Bonchev–Trinajstić information content (AvgIpc) is 2.72. The standard InChI is InChI=1S/C17H34O2/c1-2-3-4-5-6-7-8-9-10-11-14-17(19)15-12-13-16(17)18/h16,18-19H,2-15H2,1H3/t16-,17-/m1/s1. The quantitative estimate of drug-likeness (QED) is 0.540. The van der Waals surface area contributed by atoms with Crippen molar-refractivity contribution < 1.29 is 10.2 Å². The molecule has 2 atom stereocenters. The van der Waals surface area contributed by atoms with Crippen molar-refractivity contribution in [2.24, 2.45) is 0 Å². The highest BCUT2D eigenvalue weighted by Crippen LogP contribution is 2.34. The molecule has 2 nitrogen and oxygen atoms in total. The Morgan fingerprint density at radius 3 is 1.89 bits per heavy atom. The Morgan fingerprint density at radius 2 is 1.42 bits per heavy atom. The Hall–Kier alpha value is -0.0800. The topological polar surface area (TPSA) is 40.5 Å². The summed E-state index contributed by atoms with van der Waals surface area (Å²) in [5.74, 6) is 0. The maximum Gasteiger partial charge on any atom is 0.0905 e. The van der Waals surface area contributed by atoms with Gasteiger partial charge in [0.1, 0.15) is 0 Å². The van der Waals surface area contributed by atoms with Gasteiger partial charge >= 0.3 is 0 Å². The minimum absolute atomic E-state index is 0.467. The molecule has 1 fully saturated rings. The van der Waals surface area contributed by atoms with Crippen molar-refractivity contribution in [3.05, 3.63) is 0 Å². The van der Waals surface area contributed by atoms with Crippen LogP contribution in [0.4, 0.5) is 0 Å². The second-order valence-electron chi connectivity index (χ2n) is 6.44. The summed E-state index contributed by atoms with van der Waals surface area (Å²) in [5.41, 5.74) is -0.750. The lowest BCUT2D eigenvalue weighted by Gasteiger charge is -2.26. The van der Waals surface area contributed by atoms with Gasteiger partial charge in [0.2, 0.25) is 0 Å². The van der Waals surface area contributed by atoms with Crippen LogP contribution in [-0.2, 0) is 0 Å². The van der Waals surface area contributed by atoms with Crippen molar-refractivity contribution in [2.45, 2.75) is 109 Å². The fourth-order valence-electron chi connectivity index (χ4n) is 3.25. The van der Waals surface area contributed by atoms with Crippen molar-refractivity contribution in [2.75, 3.05) is 0 Å². The molecule has 0 aliphatic heterocycles. The van der Waals surface area contributed by atoms with Gasteiger partial charge in [-0.1, -0.05) is 71.1 Å². The zero-order chi connectivity index (χ0) is 14.0. The molecule has 2 N–H and O–H groups in total. The smallest absolute Gasteiger partial charge is 0.0905 e. The van der Waals surface area contributed by atoms with Crippen LogP contribution in [0.15, 0.2) is 0 Å². The number of aliphatic hydroxyl groups is 2. The molecule has 1 rings (SSSR count). The molecule has 114 valence electrons. The molecule has 0 aromatic rings. The normalized spacial score (nSPS) is 27.0. The maximum absolute atomic E-state index is 10.2. The van der Waals surface area contributed by atoms with Crippen LogP contribution in [0.3, 0.4) is 0 Å². The molecule has 0 aromatic heterocycles. The summed E-state index contributed by atoms with van der Waals surface area (Å²) in [6.45, 7) is 2.26. The minimum atomic E-state index is -0.750. The number of aliphatic hydroxyl groups excluding tert-OH is 1. The summed E-state index contributed by atoms with van der Waals surface area (Å²) in [5, 5.41) is 20.0. The third-order valence-electron chi connectivity index (χ3n) is 4.67. The molecule has 1 saturated carbocycles. The third-order valence-corrected chi connectivity index (χ3v) is 4.67. The van der Waals surface area contributed by atoms with Crippen molar-refractivity contribution in [1.82, 2.24) is 0 Å². The molecule has 2 heteroatoms. The summed E-state index contributed by atoms with van der Waals surface area (Å²) in [4.78, 5) is 0. The zero-order valence-corrected chi connectivity index (χ0v) is 12.9. The van der Waals surface area contributed by atoms with Crippen LogP contribution in [0, 0.1) is 0 Å². The van der Waals surface area contributed by atoms with E-state index in [2.05, 4.69) is 6.92 Å². The molecule has 0 heterocycles. The molecule has 1 aliphatic carbocycles. The summed E-state index contributed by atoms with van der Waals surface area (Å²) in [7, 11) is 0. The van der Waals surface area contributed by atoms with E-state index in [1.54, 1.807) is 0 Å². The molecule has 0 bridgehead atoms. The molecule has 19 heavy (non-hydrogen) atoms. The summed E-state index contributed by atoms with van der Waals surface area (Å²) in [6, 6.07) is 0. The number of hydrogen-bond acceptors (Lipinski definition) is 2. The highest BCUT2D eigenvalue weighted by molar-refractivity contribution is 4.91. The number of rotatable bonds is 11. The average molecular weight is 270 g/mol. The van der Waals surface area contributed by atoms with Gasteiger partial charge in [0.15, 0.2) is 0 Å². The van der Waals surface area contributed by atoms with E-state index in [1.807, 2.05) is 0 Å². The first kappa shape index (κ1) is 17.0. The van der Waals surface area contributed by atoms with Crippen LogP contribution in [0.2, 0.25) is 0 Å². The third kappa shape index (κ3) is 6.76. The Morgan fingerprint density at radius 1 is 0.895 bits per heavy atom. The fraction of sp³-hybridized carbons (Fsp3) is 1.00. The second-order valence-corrected chi connectivity index (χ2v) is 6.44. The van der Waals surface area contributed by atoms with Gasteiger partial charge in [-0.15, -0.1) is 0 Å². The van der Waals surface area contributed by atoms with Crippen LogP contribution in [0.5, 0.6) is 0 Å². The van der Waals surface area contributed by atoms with Crippen molar-refractivity contribution in [3.8, 4) is 0 Å². The van der Waals surface area contributed by atoms with Gasteiger partial charge in [0.05, 0.1) is 11.7 Å². The largest absolute Gasteiger partial charge is 0.390 e. The Kier molecular flexibility index (Phi) is 8.72. The highest BCUT2D eigenvalue weighted by atomic mass is 16.3. The van der Waals surface area contributed by atoms with Crippen LogP contribution in [0.1, 0.15) is 96.8 Å². The molecule has 0 radical (unpaired) electrons. The van der Waals surface area contributed by atoms with Crippen LogP contribution >= 0.6 is 0 Å². The van der Waals surface area contributed by atoms with E-state index in [0.717, 1.165) is 32.1 Å². The molecule has 0 spiro atoms. The van der Waals surface area contributed by atoms with Crippen LogP contribution in [0.25, 0.3) is 0 Å². The Bertz CT molecular complexity index is 217. The molecule has 0 unspecified atom stereocenters. The van der Waals surface area contributed by atoms with Crippen molar-refractivity contribution in [1.29, 1.82) is 0 Å². The van der Waals surface area contributed by atoms with Crippen LogP contribution in [-0.4, -0.2) is 21.9 Å². The van der Waals surface area contributed by atoms with Crippen molar-refractivity contribution in [3.63, 3.8) is 0 Å². The first-order valence-corrected chi connectivity index (χ1v) is 8.59. The number of unbranched alkanes of at least 4 members (excludes halogenated alkanes) is 9. The summed E-state index contributed by atoms with van der Waals surface area (Å²) >= 11 is 0. The van der Waals surface area contributed by atoms with E-state index < -0.39 is 11.7 Å². The van der Waals surface area contributed by atoms with E-state index in [-0.39, 0.29) is 0 Å². The van der Waals surface area contributed by atoms with Crippen molar-refractivity contribution >= 4 is 0 Å². The first-order valence-electron chi connectivity index (χ1n) is 8.59. The van der Waals surface area contributed by atoms with Gasteiger partial charge in [-0.05, 0) is 25.7 Å². The predicted molar refractivity (Wildman–Crippen MR) is 81.3 cm³/mol. The van der Waals surface area contributed by atoms with E-state index >= 15 is 0 Å². The summed E-state index contributed by atoms with van der Waals surface area (Å²) < 4.78 is 0. The lowest BCUT2D eigenvalue weighted by molar-refractivity contribution is -0.0598. The first-order chi connectivity index (χ1) is 9.19.